The first-order chi connectivity index (χ1) is 10.3. The third-order valence-corrected chi connectivity index (χ3v) is 3.02. The predicted octanol–water partition coefficient (Wildman–Crippen LogP) is 4.66. The molecule has 0 unspecified atom stereocenters. The Morgan fingerprint density at radius 2 is 1.95 bits per heavy atom. The lowest BCUT2D eigenvalue weighted by molar-refractivity contribution is 0.319. The van der Waals surface area contributed by atoms with Gasteiger partial charge in [-0.3, -0.25) is 0 Å². The van der Waals surface area contributed by atoms with Crippen LogP contribution in [0.5, 0.6) is 17.6 Å². The molecule has 0 saturated carbocycles. The van der Waals surface area contributed by atoms with Gasteiger partial charge in [0.25, 0.3) is 0 Å². The summed E-state index contributed by atoms with van der Waals surface area (Å²) >= 11 is 0. The number of allylic oxidation sites excluding steroid dienone is 1. The fraction of sp³-hybridized carbons (Fsp3) is 0.118. The molecule has 1 heterocycles. The SMILES string of the molecule is CC=Cc1ccc(Oc2nc3ccccc3o2)c(OC)c1. The lowest BCUT2D eigenvalue weighted by Crippen LogP contribution is -1.91. The highest BCUT2D eigenvalue weighted by Crippen LogP contribution is 2.33. The molecule has 0 spiro atoms. The molecule has 3 aromatic rings. The van der Waals surface area contributed by atoms with Gasteiger partial charge in [-0.15, -0.1) is 0 Å². The molecule has 106 valence electrons. The third kappa shape index (κ3) is 2.74. The number of aromatic nitrogens is 1. The zero-order valence-electron chi connectivity index (χ0n) is 11.9. The summed E-state index contributed by atoms with van der Waals surface area (Å²) in [6.45, 7) is 1.97. The predicted molar refractivity (Wildman–Crippen MR) is 81.8 cm³/mol. The van der Waals surface area contributed by atoms with Gasteiger partial charge >= 0.3 is 6.08 Å². The minimum absolute atomic E-state index is 0.202. The van der Waals surface area contributed by atoms with Crippen LogP contribution in [0.25, 0.3) is 17.2 Å². The monoisotopic (exact) mass is 281 g/mol. The molecule has 0 atom stereocenters. The van der Waals surface area contributed by atoms with Crippen LogP contribution in [0, 0.1) is 0 Å². The highest BCUT2D eigenvalue weighted by molar-refractivity contribution is 5.72. The summed E-state index contributed by atoms with van der Waals surface area (Å²) in [5.41, 5.74) is 2.49. The maximum atomic E-state index is 5.69. The molecule has 0 bridgehead atoms. The molecule has 2 aromatic carbocycles. The Morgan fingerprint density at radius 1 is 1.10 bits per heavy atom. The fourth-order valence-electron chi connectivity index (χ4n) is 2.05. The number of ether oxygens (including phenoxy) is 2. The van der Waals surface area contributed by atoms with Crippen molar-refractivity contribution in [3.8, 4) is 17.6 Å². The molecule has 0 aliphatic carbocycles. The zero-order valence-corrected chi connectivity index (χ0v) is 11.9. The summed E-state index contributed by atoms with van der Waals surface area (Å²) in [6, 6.07) is 13.2. The Kier molecular flexibility index (Phi) is 3.60. The molecular formula is C17H15NO3. The first-order valence-electron chi connectivity index (χ1n) is 6.64. The van der Waals surface area contributed by atoms with Crippen molar-refractivity contribution < 1.29 is 13.9 Å². The van der Waals surface area contributed by atoms with Crippen molar-refractivity contribution in [3.63, 3.8) is 0 Å². The number of benzene rings is 2. The average Bonchev–Trinajstić information content (AvgIpc) is 2.91. The van der Waals surface area contributed by atoms with E-state index in [0.717, 1.165) is 11.1 Å². The van der Waals surface area contributed by atoms with E-state index in [9.17, 15) is 0 Å². The van der Waals surface area contributed by atoms with Crippen LogP contribution in [-0.2, 0) is 0 Å². The molecule has 0 aliphatic heterocycles. The van der Waals surface area contributed by atoms with Crippen LogP contribution in [-0.4, -0.2) is 12.1 Å². The normalized spacial score (nSPS) is 11.1. The van der Waals surface area contributed by atoms with E-state index < -0.39 is 0 Å². The molecule has 1 aromatic heterocycles. The smallest absolute Gasteiger partial charge is 0.400 e. The number of nitrogens with zero attached hydrogens (tertiary/aromatic N) is 1. The van der Waals surface area contributed by atoms with Gasteiger partial charge in [0.1, 0.15) is 5.52 Å². The van der Waals surface area contributed by atoms with E-state index in [2.05, 4.69) is 4.98 Å². The lowest BCUT2D eigenvalue weighted by Gasteiger charge is -2.08. The van der Waals surface area contributed by atoms with E-state index in [4.69, 9.17) is 13.9 Å². The molecule has 21 heavy (non-hydrogen) atoms. The van der Waals surface area contributed by atoms with Crippen molar-refractivity contribution in [1.29, 1.82) is 0 Å². The summed E-state index contributed by atoms with van der Waals surface area (Å²) < 4.78 is 16.6. The van der Waals surface area contributed by atoms with E-state index >= 15 is 0 Å². The molecule has 0 radical (unpaired) electrons. The fourth-order valence-corrected chi connectivity index (χ4v) is 2.05. The summed E-state index contributed by atoms with van der Waals surface area (Å²) in [5, 5.41) is 0. The van der Waals surface area contributed by atoms with Crippen molar-refractivity contribution >= 4 is 17.2 Å². The van der Waals surface area contributed by atoms with Crippen LogP contribution >= 0.6 is 0 Å². The van der Waals surface area contributed by atoms with Crippen LogP contribution in [0.15, 0.2) is 53.0 Å². The zero-order chi connectivity index (χ0) is 14.7. The van der Waals surface area contributed by atoms with Crippen LogP contribution in [0.1, 0.15) is 12.5 Å². The van der Waals surface area contributed by atoms with Crippen LogP contribution in [0.3, 0.4) is 0 Å². The lowest BCUT2D eigenvalue weighted by atomic mass is 10.2. The van der Waals surface area contributed by atoms with E-state index in [1.165, 1.54) is 0 Å². The third-order valence-electron chi connectivity index (χ3n) is 3.02. The summed E-state index contributed by atoms with van der Waals surface area (Å²) in [4.78, 5) is 4.28. The summed E-state index contributed by atoms with van der Waals surface area (Å²) in [5.74, 6) is 1.20. The number of fused-ring (bicyclic) bond motifs is 1. The van der Waals surface area contributed by atoms with Gasteiger partial charge in [-0.1, -0.05) is 30.4 Å². The molecule has 0 amide bonds. The number of oxazole rings is 1. The Morgan fingerprint density at radius 3 is 2.71 bits per heavy atom. The van der Waals surface area contributed by atoms with Gasteiger partial charge in [0.2, 0.25) is 0 Å². The molecule has 4 nitrogen and oxygen atoms in total. The Hall–Kier alpha value is -2.75. The number of methoxy groups -OCH3 is 1. The Bertz CT molecular complexity index is 757. The van der Waals surface area contributed by atoms with E-state index in [0.29, 0.717) is 17.1 Å². The van der Waals surface area contributed by atoms with Crippen LogP contribution in [0.4, 0.5) is 0 Å². The van der Waals surface area contributed by atoms with Gasteiger partial charge in [0, 0.05) is 0 Å². The van der Waals surface area contributed by atoms with Gasteiger partial charge in [-0.25, -0.2) is 0 Å². The molecule has 0 fully saturated rings. The number of rotatable bonds is 4. The molecule has 0 saturated heterocycles. The van der Waals surface area contributed by atoms with Crippen molar-refractivity contribution in [1.82, 2.24) is 4.98 Å². The number of para-hydroxylation sites is 2. The highest BCUT2D eigenvalue weighted by Gasteiger charge is 2.11. The standard InChI is InChI=1S/C17H15NO3/c1-3-6-12-9-10-15(16(11-12)19-2)21-17-18-13-7-4-5-8-14(13)20-17/h3-11H,1-2H3. The van der Waals surface area contributed by atoms with E-state index in [-0.39, 0.29) is 6.08 Å². The Balaban J connectivity index is 1.93. The van der Waals surface area contributed by atoms with Crippen molar-refractivity contribution in [2.24, 2.45) is 0 Å². The first kappa shape index (κ1) is 13.2. The largest absolute Gasteiger partial charge is 0.493 e. The van der Waals surface area contributed by atoms with Crippen molar-refractivity contribution in [3.05, 3.63) is 54.1 Å². The van der Waals surface area contributed by atoms with E-state index in [1.807, 2.05) is 61.5 Å². The maximum absolute atomic E-state index is 5.69. The molecule has 3 rings (SSSR count). The second kappa shape index (κ2) is 5.71. The van der Waals surface area contributed by atoms with Gasteiger partial charge in [-0.2, -0.15) is 4.98 Å². The first-order valence-corrected chi connectivity index (χ1v) is 6.64. The number of hydrogen-bond acceptors (Lipinski definition) is 4. The second-order valence-corrected chi connectivity index (χ2v) is 4.46. The van der Waals surface area contributed by atoms with Crippen LogP contribution in [0.2, 0.25) is 0 Å². The Labute approximate surface area is 122 Å². The van der Waals surface area contributed by atoms with Gasteiger partial charge in [0.15, 0.2) is 17.1 Å². The minimum atomic E-state index is 0.202. The quantitative estimate of drug-likeness (QED) is 0.697. The minimum Gasteiger partial charge on any atom is -0.493 e. The average molecular weight is 281 g/mol. The molecule has 4 heteroatoms. The van der Waals surface area contributed by atoms with Gasteiger partial charge in [-0.05, 0) is 36.8 Å². The summed E-state index contributed by atoms with van der Waals surface area (Å²) in [7, 11) is 1.60. The topological polar surface area (TPSA) is 44.5 Å². The maximum Gasteiger partial charge on any atom is 0.400 e. The van der Waals surface area contributed by atoms with E-state index in [1.54, 1.807) is 7.11 Å². The summed E-state index contributed by atoms with van der Waals surface area (Å²) in [6.07, 6.45) is 4.16. The van der Waals surface area contributed by atoms with Crippen LogP contribution < -0.4 is 9.47 Å². The molecule has 0 N–H and O–H groups in total. The van der Waals surface area contributed by atoms with Gasteiger partial charge < -0.3 is 13.9 Å². The second-order valence-electron chi connectivity index (χ2n) is 4.46. The number of hydrogen-bond donors (Lipinski definition) is 0. The molecular weight excluding hydrogens is 266 g/mol. The highest BCUT2D eigenvalue weighted by atomic mass is 16.6. The van der Waals surface area contributed by atoms with Crippen molar-refractivity contribution in [2.45, 2.75) is 6.92 Å². The molecule has 0 aliphatic rings. The van der Waals surface area contributed by atoms with Gasteiger partial charge in [0.05, 0.1) is 7.11 Å². The van der Waals surface area contributed by atoms with Crippen molar-refractivity contribution in [2.75, 3.05) is 7.11 Å².